The van der Waals surface area contributed by atoms with Crippen molar-refractivity contribution in [2.24, 2.45) is 0 Å². The highest BCUT2D eigenvalue weighted by Gasteiger charge is 2.41. The lowest BCUT2D eigenvalue weighted by atomic mass is 9.99. The molecule has 1 saturated carbocycles. The molecule has 2 bridgehead atoms. The molecule has 0 spiro atoms. The molecule has 0 amide bonds. The van der Waals surface area contributed by atoms with E-state index in [1.807, 2.05) is 25.3 Å². The van der Waals surface area contributed by atoms with Crippen LogP contribution < -0.4 is 4.74 Å². The third-order valence-electron chi connectivity index (χ3n) is 8.86. The SMILES string of the molecule is Cc1cccc(-c2nc3n(c2-c2ccc4nccc(OC5CCN(C(C)(C)C)CC5)c4c2)C2CCC3C2)n1. The van der Waals surface area contributed by atoms with Crippen LogP contribution in [0.15, 0.2) is 48.7 Å². The van der Waals surface area contributed by atoms with Crippen LogP contribution in [0.4, 0.5) is 0 Å². The lowest BCUT2D eigenvalue weighted by Gasteiger charge is -2.40. The van der Waals surface area contributed by atoms with Gasteiger partial charge in [-0.25, -0.2) is 4.98 Å². The summed E-state index contributed by atoms with van der Waals surface area (Å²) in [7, 11) is 0. The van der Waals surface area contributed by atoms with Crippen LogP contribution >= 0.6 is 0 Å². The van der Waals surface area contributed by atoms with Crippen molar-refractivity contribution >= 4 is 10.9 Å². The van der Waals surface area contributed by atoms with Crippen LogP contribution in [0.3, 0.4) is 0 Å². The number of aromatic nitrogens is 4. The van der Waals surface area contributed by atoms with Gasteiger partial charge in [0, 0.05) is 53.4 Å². The largest absolute Gasteiger partial charge is 0.490 e. The zero-order valence-corrected chi connectivity index (χ0v) is 22.9. The molecule has 1 aliphatic carbocycles. The second-order valence-corrected chi connectivity index (χ2v) is 12.4. The van der Waals surface area contributed by atoms with E-state index in [9.17, 15) is 0 Å². The first kappa shape index (κ1) is 23.8. The van der Waals surface area contributed by atoms with Crippen molar-refractivity contribution in [3.8, 4) is 28.4 Å². The number of hydrogen-bond acceptors (Lipinski definition) is 5. The first-order chi connectivity index (χ1) is 18.3. The summed E-state index contributed by atoms with van der Waals surface area (Å²) in [5.74, 6) is 2.74. The maximum absolute atomic E-state index is 6.67. The summed E-state index contributed by atoms with van der Waals surface area (Å²) in [6.07, 6.45) is 7.89. The number of rotatable bonds is 4. The summed E-state index contributed by atoms with van der Waals surface area (Å²) in [4.78, 5) is 17.4. The number of likely N-dealkylation sites (tertiary alicyclic amines) is 1. The molecular formula is C32H37N5O. The first-order valence-corrected chi connectivity index (χ1v) is 14.2. The molecule has 3 aromatic heterocycles. The van der Waals surface area contributed by atoms with Crippen LogP contribution in [0.2, 0.25) is 0 Å². The first-order valence-electron chi connectivity index (χ1n) is 14.2. The monoisotopic (exact) mass is 507 g/mol. The average molecular weight is 508 g/mol. The van der Waals surface area contributed by atoms with Gasteiger partial charge in [-0.1, -0.05) is 12.1 Å². The molecule has 7 rings (SSSR count). The number of fused-ring (bicyclic) bond motifs is 6. The second kappa shape index (κ2) is 8.91. The third kappa shape index (κ3) is 4.01. The van der Waals surface area contributed by atoms with Crippen LogP contribution in [0.25, 0.3) is 33.5 Å². The van der Waals surface area contributed by atoms with E-state index in [-0.39, 0.29) is 11.6 Å². The Balaban J connectivity index is 1.28. The maximum Gasteiger partial charge on any atom is 0.130 e. The fraction of sp³-hybridized carbons (Fsp3) is 0.469. The molecule has 4 aromatic rings. The number of piperidine rings is 1. The van der Waals surface area contributed by atoms with E-state index in [0.29, 0.717) is 12.0 Å². The van der Waals surface area contributed by atoms with E-state index in [4.69, 9.17) is 14.7 Å². The van der Waals surface area contributed by atoms with Crippen molar-refractivity contribution in [2.75, 3.05) is 13.1 Å². The molecule has 6 nitrogen and oxygen atoms in total. The normalized spacial score (nSPS) is 21.8. The number of benzene rings is 1. The topological polar surface area (TPSA) is 56.1 Å². The van der Waals surface area contributed by atoms with Gasteiger partial charge in [0.2, 0.25) is 0 Å². The highest BCUT2D eigenvalue weighted by atomic mass is 16.5. The number of pyridine rings is 2. The van der Waals surface area contributed by atoms with Crippen LogP contribution in [-0.4, -0.2) is 49.2 Å². The van der Waals surface area contributed by atoms with Gasteiger partial charge in [0.05, 0.1) is 16.9 Å². The molecule has 0 radical (unpaired) electrons. The highest BCUT2D eigenvalue weighted by molar-refractivity contribution is 5.91. The van der Waals surface area contributed by atoms with Gasteiger partial charge in [0.1, 0.15) is 23.4 Å². The zero-order valence-electron chi connectivity index (χ0n) is 22.9. The van der Waals surface area contributed by atoms with E-state index < -0.39 is 0 Å². The van der Waals surface area contributed by atoms with Crippen LogP contribution in [0.5, 0.6) is 5.75 Å². The molecular weight excluding hydrogens is 470 g/mol. The van der Waals surface area contributed by atoms with Gasteiger partial charge in [0.25, 0.3) is 0 Å². The quantitative estimate of drug-likeness (QED) is 0.300. The van der Waals surface area contributed by atoms with Gasteiger partial charge in [-0.2, -0.15) is 0 Å². The molecule has 2 fully saturated rings. The standard InChI is InChI=1S/C32H37N5O/c1-20-6-5-7-27(34-20)29-30(37-23-10-8-22(18-23)31(37)35-29)21-9-11-26-25(19-21)28(12-15-33-26)38-24-13-16-36(17-14-24)32(2,3)4/h5-7,9,11-12,15,19,22-24H,8,10,13-14,16-18H2,1-4H3. The molecule has 2 aliphatic heterocycles. The number of imidazole rings is 1. The Bertz CT molecular complexity index is 1510. The predicted molar refractivity (Wildman–Crippen MR) is 152 cm³/mol. The second-order valence-electron chi connectivity index (χ2n) is 12.4. The van der Waals surface area contributed by atoms with E-state index in [1.54, 1.807) is 0 Å². The van der Waals surface area contributed by atoms with Gasteiger partial charge < -0.3 is 9.30 Å². The minimum Gasteiger partial charge on any atom is -0.490 e. The fourth-order valence-corrected chi connectivity index (χ4v) is 6.86. The predicted octanol–water partition coefficient (Wildman–Crippen LogP) is 6.93. The number of nitrogens with zero attached hydrogens (tertiary/aromatic N) is 5. The molecule has 5 heterocycles. The summed E-state index contributed by atoms with van der Waals surface area (Å²) in [5.41, 5.74) is 6.51. The molecule has 1 aromatic carbocycles. The van der Waals surface area contributed by atoms with Crippen molar-refractivity contribution < 1.29 is 4.74 Å². The van der Waals surface area contributed by atoms with Crippen molar-refractivity contribution in [1.29, 1.82) is 0 Å². The number of aryl methyl sites for hydroxylation is 1. The van der Waals surface area contributed by atoms with Crippen LogP contribution in [0.1, 0.15) is 76.4 Å². The Labute approximate surface area is 225 Å². The van der Waals surface area contributed by atoms with Crippen molar-refractivity contribution in [2.45, 2.75) is 83.4 Å². The Hall–Kier alpha value is -3.25. The van der Waals surface area contributed by atoms with E-state index >= 15 is 0 Å². The van der Waals surface area contributed by atoms with E-state index in [2.05, 4.69) is 65.6 Å². The summed E-state index contributed by atoms with van der Waals surface area (Å²) < 4.78 is 9.19. The smallest absolute Gasteiger partial charge is 0.130 e. The fourth-order valence-electron chi connectivity index (χ4n) is 6.86. The molecule has 196 valence electrons. The van der Waals surface area contributed by atoms with Crippen LogP contribution in [-0.2, 0) is 0 Å². The van der Waals surface area contributed by atoms with E-state index in [0.717, 1.165) is 59.7 Å². The summed E-state index contributed by atoms with van der Waals surface area (Å²) in [6, 6.07) is 15.4. The van der Waals surface area contributed by atoms with E-state index in [1.165, 1.54) is 36.3 Å². The molecule has 2 unspecified atom stereocenters. The third-order valence-corrected chi connectivity index (χ3v) is 8.86. The summed E-state index contributed by atoms with van der Waals surface area (Å²) in [6.45, 7) is 11.1. The molecule has 6 heteroatoms. The highest BCUT2D eigenvalue weighted by Crippen LogP contribution is 2.52. The molecule has 0 N–H and O–H groups in total. The summed E-state index contributed by atoms with van der Waals surface area (Å²) >= 11 is 0. The Morgan fingerprint density at radius 2 is 1.79 bits per heavy atom. The lowest BCUT2D eigenvalue weighted by Crippen LogP contribution is -2.48. The Kier molecular flexibility index (Phi) is 5.59. The minimum absolute atomic E-state index is 0.206. The number of ether oxygens (including phenoxy) is 1. The van der Waals surface area contributed by atoms with Crippen molar-refractivity contribution in [3.05, 3.63) is 60.2 Å². The Morgan fingerprint density at radius 3 is 2.58 bits per heavy atom. The summed E-state index contributed by atoms with van der Waals surface area (Å²) in [5, 5.41) is 1.07. The van der Waals surface area contributed by atoms with Crippen LogP contribution in [0, 0.1) is 6.92 Å². The molecule has 2 atom stereocenters. The molecule has 3 aliphatic rings. The Morgan fingerprint density at radius 1 is 0.947 bits per heavy atom. The minimum atomic E-state index is 0.206. The van der Waals surface area contributed by atoms with Gasteiger partial charge in [-0.3, -0.25) is 14.9 Å². The lowest BCUT2D eigenvalue weighted by molar-refractivity contribution is 0.0498. The molecule has 38 heavy (non-hydrogen) atoms. The zero-order chi connectivity index (χ0) is 26.0. The maximum atomic E-state index is 6.67. The van der Waals surface area contributed by atoms with Crippen molar-refractivity contribution in [1.82, 2.24) is 24.4 Å². The van der Waals surface area contributed by atoms with Gasteiger partial charge in [0.15, 0.2) is 0 Å². The van der Waals surface area contributed by atoms with Crippen molar-refractivity contribution in [3.63, 3.8) is 0 Å². The molecule has 1 saturated heterocycles. The number of hydrogen-bond donors (Lipinski definition) is 0. The van der Waals surface area contributed by atoms with Gasteiger partial charge in [-0.15, -0.1) is 0 Å². The van der Waals surface area contributed by atoms with Gasteiger partial charge >= 0.3 is 0 Å². The van der Waals surface area contributed by atoms with Gasteiger partial charge in [-0.05, 0) is 90.1 Å². The average Bonchev–Trinajstić information content (AvgIpc) is 3.62.